The zero-order valence-corrected chi connectivity index (χ0v) is 16.8. The summed E-state index contributed by atoms with van der Waals surface area (Å²) in [5, 5.41) is 2.91. The van der Waals surface area contributed by atoms with Gasteiger partial charge in [0.1, 0.15) is 6.04 Å². The average molecular weight is 420 g/mol. The molecule has 31 heavy (non-hydrogen) atoms. The van der Waals surface area contributed by atoms with Crippen molar-refractivity contribution in [3.63, 3.8) is 0 Å². The van der Waals surface area contributed by atoms with Gasteiger partial charge in [0, 0.05) is 24.3 Å². The highest BCUT2D eigenvalue weighted by Crippen LogP contribution is 2.39. The van der Waals surface area contributed by atoms with Gasteiger partial charge in [-0.3, -0.25) is 0 Å². The number of amides is 2. The molecule has 2 aromatic carbocycles. The number of methoxy groups -OCH3 is 1. The van der Waals surface area contributed by atoms with E-state index in [2.05, 4.69) is 15.3 Å². The second-order valence-electron chi connectivity index (χ2n) is 7.22. The molecule has 158 valence electrons. The summed E-state index contributed by atoms with van der Waals surface area (Å²) in [5.74, 6) is 0.908. The Balaban J connectivity index is 1.43. The third kappa shape index (κ3) is 3.43. The molecule has 3 aromatic rings. The van der Waals surface area contributed by atoms with Crippen molar-refractivity contribution in [2.45, 2.75) is 12.5 Å². The van der Waals surface area contributed by atoms with Crippen molar-refractivity contribution in [2.75, 3.05) is 25.8 Å². The molecule has 2 amide bonds. The van der Waals surface area contributed by atoms with Crippen LogP contribution in [0.25, 0.3) is 0 Å². The van der Waals surface area contributed by atoms with Crippen molar-refractivity contribution in [1.29, 1.82) is 0 Å². The molecule has 5 rings (SSSR count). The summed E-state index contributed by atoms with van der Waals surface area (Å²) in [5.41, 5.74) is 3.69. The molecule has 0 radical (unpaired) electrons. The molecule has 2 aliphatic heterocycles. The Bertz CT molecular complexity index is 1140. The number of benzene rings is 2. The van der Waals surface area contributed by atoms with Crippen molar-refractivity contribution < 1.29 is 23.8 Å². The lowest BCUT2D eigenvalue weighted by Gasteiger charge is -2.35. The van der Waals surface area contributed by atoms with Crippen LogP contribution in [0.5, 0.6) is 11.5 Å². The number of nitrogens with one attached hydrogen (secondary N) is 2. The van der Waals surface area contributed by atoms with Gasteiger partial charge < -0.3 is 29.4 Å². The van der Waals surface area contributed by atoms with Gasteiger partial charge in [-0.15, -0.1) is 0 Å². The van der Waals surface area contributed by atoms with E-state index in [-0.39, 0.29) is 18.9 Å². The number of imidazole rings is 1. The highest BCUT2D eigenvalue weighted by atomic mass is 16.7. The Kier molecular flexibility index (Phi) is 4.70. The van der Waals surface area contributed by atoms with Crippen LogP contribution in [0.2, 0.25) is 0 Å². The van der Waals surface area contributed by atoms with E-state index >= 15 is 0 Å². The predicted octanol–water partition coefficient (Wildman–Crippen LogP) is 3.10. The molecule has 0 fully saturated rings. The average Bonchev–Trinajstić information content (AvgIpc) is 3.47. The smallest absolute Gasteiger partial charge is 0.337 e. The Labute approximate surface area is 177 Å². The molecule has 3 heterocycles. The van der Waals surface area contributed by atoms with Crippen LogP contribution >= 0.6 is 0 Å². The van der Waals surface area contributed by atoms with E-state index in [0.717, 1.165) is 17.0 Å². The number of carbonyl (C=O) groups is 2. The van der Waals surface area contributed by atoms with Crippen LogP contribution in [-0.2, 0) is 11.2 Å². The molecule has 0 saturated carbocycles. The Morgan fingerprint density at radius 1 is 1.16 bits per heavy atom. The lowest BCUT2D eigenvalue weighted by atomic mass is 9.95. The summed E-state index contributed by atoms with van der Waals surface area (Å²) >= 11 is 0. The SMILES string of the molecule is COC(=O)c1ccc(NC(=O)N2CCc3[nH]cnc3C2c2ccc3c(c2)OCO3)cc1. The van der Waals surface area contributed by atoms with Gasteiger partial charge in [-0.05, 0) is 42.0 Å². The van der Waals surface area contributed by atoms with Gasteiger partial charge in [0.25, 0.3) is 0 Å². The second kappa shape index (κ2) is 7.67. The first-order valence-electron chi connectivity index (χ1n) is 9.82. The zero-order valence-electron chi connectivity index (χ0n) is 16.8. The number of fused-ring (bicyclic) bond motifs is 2. The molecule has 0 bridgehead atoms. The van der Waals surface area contributed by atoms with Crippen LogP contribution in [0.4, 0.5) is 10.5 Å². The quantitative estimate of drug-likeness (QED) is 0.631. The van der Waals surface area contributed by atoms with Crippen LogP contribution in [0, 0.1) is 0 Å². The monoisotopic (exact) mass is 420 g/mol. The van der Waals surface area contributed by atoms with Gasteiger partial charge in [0.05, 0.1) is 24.7 Å². The Morgan fingerprint density at radius 2 is 1.97 bits per heavy atom. The summed E-state index contributed by atoms with van der Waals surface area (Å²) in [6.07, 6.45) is 2.32. The van der Waals surface area contributed by atoms with Crippen LogP contribution in [-0.4, -0.2) is 47.3 Å². The van der Waals surface area contributed by atoms with Crippen LogP contribution in [0.3, 0.4) is 0 Å². The number of anilines is 1. The standard InChI is InChI=1S/C22H20N4O5/c1-29-21(27)13-2-5-15(6-3-13)25-22(28)26-9-8-16-19(24-11-23-16)20(26)14-4-7-17-18(10-14)31-12-30-17/h2-7,10-11,20H,8-9,12H2,1H3,(H,23,24)(H,25,28). The molecular weight excluding hydrogens is 400 g/mol. The molecule has 2 N–H and O–H groups in total. The first-order chi connectivity index (χ1) is 15.1. The Hall–Kier alpha value is -4.01. The van der Waals surface area contributed by atoms with Crippen molar-refractivity contribution in [1.82, 2.24) is 14.9 Å². The normalized spacial score (nSPS) is 16.5. The van der Waals surface area contributed by atoms with Gasteiger partial charge >= 0.3 is 12.0 Å². The highest BCUT2D eigenvalue weighted by Gasteiger charge is 2.35. The lowest BCUT2D eigenvalue weighted by Crippen LogP contribution is -2.43. The fourth-order valence-corrected chi connectivity index (χ4v) is 3.92. The molecule has 9 nitrogen and oxygen atoms in total. The molecule has 2 aliphatic rings. The number of carbonyl (C=O) groups excluding carboxylic acids is 2. The third-order valence-electron chi connectivity index (χ3n) is 5.46. The minimum Gasteiger partial charge on any atom is -0.465 e. The van der Waals surface area contributed by atoms with Gasteiger partial charge in [0.15, 0.2) is 11.5 Å². The first-order valence-corrected chi connectivity index (χ1v) is 9.82. The predicted molar refractivity (Wildman–Crippen MR) is 110 cm³/mol. The second-order valence-corrected chi connectivity index (χ2v) is 7.22. The molecular formula is C22H20N4O5. The number of H-pyrrole nitrogens is 1. The first kappa shape index (κ1) is 19.0. The van der Waals surface area contributed by atoms with E-state index in [4.69, 9.17) is 14.2 Å². The third-order valence-corrected chi connectivity index (χ3v) is 5.46. The Morgan fingerprint density at radius 3 is 2.77 bits per heavy atom. The number of aromatic amines is 1. The highest BCUT2D eigenvalue weighted by molar-refractivity contribution is 5.92. The van der Waals surface area contributed by atoms with Gasteiger partial charge in [-0.25, -0.2) is 14.6 Å². The number of esters is 1. The number of rotatable bonds is 3. The summed E-state index contributed by atoms with van der Waals surface area (Å²) < 4.78 is 15.6. The fourth-order valence-electron chi connectivity index (χ4n) is 3.92. The van der Waals surface area contributed by atoms with E-state index in [1.54, 1.807) is 35.5 Å². The summed E-state index contributed by atoms with van der Waals surface area (Å²) in [7, 11) is 1.33. The van der Waals surface area contributed by atoms with E-state index in [0.29, 0.717) is 35.7 Å². The topological polar surface area (TPSA) is 106 Å². The van der Waals surface area contributed by atoms with Crippen molar-refractivity contribution in [3.05, 3.63) is 71.3 Å². The lowest BCUT2D eigenvalue weighted by molar-refractivity contribution is 0.0600. The number of hydrogen-bond donors (Lipinski definition) is 2. The van der Waals surface area contributed by atoms with Crippen molar-refractivity contribution in [2.24, 2.45) is 0 Å². The maximum atomic E-state index is 13.2. The van der Waals surface area contributed by atoms with E-state index < -0.39 is 5.97 Å². The molecule has 1 atom stereocenters. The van der Waals surface area contributed by atoms with Crippen LogP contribution in [0.1, 0.15) is 33.4 Å². The minimum absolute atomic E-state index is 0.183. The number of hydrogen-bond acceptors (Lipinski definition) is 6. The van der Waals surface area contributed by atoms with Gasteiger partial charge in [0.2, 0.25) is 6.79 Å². The molecule has 0 aliphatic carbocycles. The number of ether oxygens (including phenoxy) is 3. The maximum Gasteiger partial charge on any atom is 0.337 e. The largest absolute Gasteiger partial charge is 0.465 e. The number of nitrogens with zero attached hydrogens (tertiary/aromatic N) is 2. The van der Waals surface area contributed by atoms with E-state index in [9.17, 15) is 9.59 Å². The van der Waals surface area contributed by atoms with E-state index in [1.165, 1.54) is 7.11 Å². The fraction of sp³-hybridized carbons (Fsp3) is 0.227. The molecule has 0 spiro atoms. The minimum atomic E-state index is -0.428. The van der Waals surface area contributed by atoms with Crippen molar-refractivity contribution >= 4 is 17.7 Å². The molecule has 1 unspecified atom stereocenters. The summed E-state index contributed by atoms with van der Waals surface area (Å²) in [6, 6.07) is 11.6. The van der Waals surface area contributed by atoms with Crippen LogP contribution in [0.15, 0.2) is 48.8 Å². The number of urea groups is 1. The zero-order chi connectivity index (χ0) is 21.4. The van der Waals surface area contributed by atoms with Gasteiger partial charge in [-0.2, -0.15) is 0 Å². The van der Waals surface area contributed by atoms with E-state index in [1.807, 2.05) is 18.2 Å². The summed E-state index contributed by atoms with van der Waals surface area (Å²) in [6.45, 7) is 0.698. The molecule has 0 saturated heterocycles. The maximum absolute atomic E-state index is 13.2. The molecule has 1 aromatic heterocycles. The summed E-state index contributed by atoms with van der Waals surface area (Å²) in [4.78, 5) is 34.2. The van der Waals surface area contributed by atoms with Crippen LogP contribution < -0.4 is 14.8 Å². The van der Waals surface area contributed by atoms with Gasteiger partial charge in [-0.1, -0.05) is 6.07 Å². The number of aromatic nitrogens is 2. The van der Waals surface area contributed by atoms with Crippen molar-refractivity contribution in [3.8, 4) is 11.5 Å². The molecule has 9 heteroatoms.